The summed E-state index contributed by atoms with van der Waals surface area (Å²) in [6, 6.07) is 31.4. The molecule has 6 rings (SSSR count). The van der Waals surface area contributed by atoms with Crippen molar-refractivity contribution in [3.05, 3.63) is 102 Å². The average Bonchev–Trinajstić information content (AvgIpc) is 3.21. The lowest BCUT2D eigenvalue weighted by molar-refractivity contribution is -0.660. The van der Waals surface area contributed by atoms with Gasteiger partial charge >= 0.3 is 0 Å². The van der Waals surface area contributed by atoms with E-state index < -0.39 is 0 Å². The molecule has 4 aromatic carbocycles. The molecule has 0 spiro atoms. The summed E-state index contributed by atoms with van der Waals surface area (Å²) in [7, 11) is 2.04. The van der Waals surface area contributed by atoms with E-state index in [0.717, 1.165) is 55.3 Å². The molecule has 2 aromatic heterocycles. The number of aryl methyl sites for hydroxylation is 2. The summed E-state index contributed by atoms with van der Waals surface area (Å²) < 4.78 is 8.61. The number of nitrogens with zero attached hydrogens (tertiary/aromatic N) is 2. The van der Waals surface area contributed by atoms with Crippen LogP contribution in [-0.4, -0.2) is 0 Å². The van der Waals surface area contributed by atoms with E-state index in [1.807, 2.05) is 49.6 Å². The van der Waals surface area contributed by atoms with E-state index in [0.29, 0.717) is 5.56 Å². The molecule has 156 valence electrons. The largest absolute Gasteiger partial charge is 0.455 e. The highest BCUT2D eigenvalue weighted by atomic mass is 16.3. The molecule has 0 N–H and O–H groups in total. The van der Waals surface area contributed by atoms with Gasteiger partial charge in [-0.15, -0.1) is 0 Å². The second-order valence-corrected chi connectivity index (χ2v) is 8.50. The third-order valence-electron chi connectivity index (χ3n) is 6.48. The Morgan fingerprint density at radius 2 is 1.64 bits per heavy atom. The van der Waals surface area contributed by atoms with Gasteiger partial charge in [0.1, 0.15) is 18.2 Å². The molecule has 0 aliphatic heterocycles. The highest BCUT2D eigenvalue weighted by molar-refractivity contribution is 6.11. The molecular formula is C30H21N2O+. The van der Waals surface area contributed by atoms with E-state index in [1.54, 1.807) is 0 Å². The zero-order chi connectivity index (χ0) is 22.5. The smallest absolute Gasteiger partial charge is 0.216 e. The van der Waals surface area contributed by atoms with Gasteiger partial charge < -0.3 is 4.42 Å². The van der Waals surface area contributed by atoms with Crippen molar-refractivity contribution in [2.45, 2.75) is 6.92 Å². The van der Waals surface area contributed by atoms with Crippen molar-refractivity contribution in [3.63, 3.8) is 0 Å². The van der Waals surface area contributed by atoms with Gasteiger partial charge in [-0.2, -0.15) is 5.26 Å². The molecule has 0 bridgehead atoms. The van der Waals surface area contributed by atoms with Crippen molar-refractivity contribution in [1.29, 1.82) is 5.26 Å². The number of hydrogen-bond acceptors (Lipinski definition) is 2. The number of aromatic nitrogens is 1. The third-order valence-corrected chi connectivity index (χ3v) is 6.48. The first-order valence-corrected chi connectivity index (χ1v) is 11.0. The Morgan fingerprint density at radius 1 is 0.818 bits per heavy atom. The van der Waals surface area contributed by atoms with Crippen LogP contribution in [0.25, 0.3) is 55.1 Å². The summed E-state index contributed by atoms with van der Waals surface area (Å²) >= 11 is 0. The normalized spacial score (nSPS) is 11.3. The van der Waals surface area contributed by atoms with Gasteiger partial charge in [0.05, 0.1) is 17.2 Å². The molecule has 0 amide bonds. The molecule has 6 aromatic rings. The zero-order valence-corrected chi connectivity index (χ0v) is 18.5. The molecule has 0 aliphatic rings. The first-order chi connectivity index (χ1) is 16.1. The van der Waals surface area contributed by atoms with Crippen LogP contribution in [0.3, 0.4) is 0 Å². The number of furan rings is 1. The Hall–Kier alpha value is -4.42. The molecule has 3 heteroatoms. The van der Waals surface area contributed by atoms with Crippen LogP contribution >= 0.6 is 0 Å². The molecule has 33 heavy (non-hydrogen) atoms. The van der Waals surface area contributed by atoms with Gasteiger partial charge in [-0.1, -0.05) is 48.5 Å². The molecule has 0 atom stereocenters. The number of nitriles is 1. The van der Waals surface area contributed by atoms with Crippen LogP contribution in [0.15, 0.2) is 95.5 Å². The molecule has 3 nitrogen and oxygen atoms in total. The maximum atomic E-state index is 9.99. The highest BCUT2D eigenvalue weighted by Crippen LogP contribution is 2.39. The Labute approximate surface area is 191 Å². The van der Waals surface area contributed by atoms with E-state index >= 15 is 0 Å². The lowest BCUT2D eigenvalue weighted by Gasteiger charge is -2.06. The number of hydrogen-bond donors (Lipinski definition) is 0. The van der Waals surface area contributed by atoms with Gasteiger partial charge in [-0.05, 0) is 53.1 Å². The maximum Gasteiger partial charge on any atom is 0.216 e. The summed E-state index contributed by atoms with van der Waals surface area (Å²) in [5.41, 5.74) is 7.51. The highest BCUT2D eigenvalue weighted by Gasteiger charge is 2.21. The molecule has 0 saturated carbocycles. The lowest BCUT2D eigenvalue weighted by atomic mass is 9.95. The van der Waals surface area contributed by atoms with Crippen LogP contribution in [0, 0.1) is 18.3 Å². The Morgan fingerprint density at radius 3 is 2.45 bits per heavy atom. The fourth-order valence-electron chi connectivity index (χ4n) is 4.77. The summed E-state index contributed by atoms with van der Waals surface area (Å²) in [5.74, 6) is 0. The molecule has 0 aliphatic carbocycles. The molecule has 0 radical (unpaired) electrons. The summed E-state index contributed by atoms with van der Waals surface area (Å²) in [6.45, 7) is 2.11. The summed E-state index contributed by atoms with van der Waals surface area (Å²) in [4.78, 5) is 0. The van der Waals surface area contributed by atoms with Crippen LogP contribution in [-0.2, 0) is 7.05 Å². The fraction of sp³-hybridized carbons (Fsp3) is 0.0667. The molecule has 2 heterocycles. The van der Waals surface area contributed by atoms with Crippen molar-refractivity contribution in [2.24, 2.45) is 7.05 Å². The zero-order valence-electron chi connectivity index (χ0n) is 18.5. The van der Waals surface area contributed by atoms with Crippen molar-refractivity contribution >= 4 is 32.7 Å². The number of rotatable bonds is 2. The van der Waals surface area contributed by atoms with Crippen molar-refractivity contribution in [2.75, 3.05) is 0 Å². The first-order valence-electron chi connectivity index (χ1n) is 11.0. The van der Waals surface area contributed by atoms with Crippen molar-refractivity contribution < 1.29 is 8.98 Å². The van der Waals surface area contributed by atoms with Gasteiger partial charge in [-0.3, -0.25) is 0 Å². The van der Waals surface area contributed by atoms with E-state index in [1.165, 1.54) is 5.39 Å². The van der Waals surface area contributed by atoms with E-state index in [2.05, 4.69) is 66.1 Å². The molecule has 0 unspecified atom stereocenters. The molecule has 0 saturated heterocycles. The van der Waals surface area contributed by atoms with Gasteiger partial charge in [-0.25, -0.2) is 4.57 Å². The number of fused-ring (bicyclic) bond motifs is 4. The quantitative estimate of drug-likeness (QED) is 0.278. The van der Waals surface area contributed by atoms with Crippen molar-refractivity contribution in [3.8, 4) is 28.5 Å². The maximum absolute atomic E-state index is 9.99. The lowest BCUT2D eigenvalue weighted by Crippen LogP contribution is -2.30. The Balaban J connectivity index is 1.64. The van der Waals surface area contributed by atoms with E-state index in [9.17, 15) is 5.26 Å². The summed E-state index contributed by atoms with van der Waals surface area (Å²) in [6.07, 6.45) is 2.04. The minimum Gasteiger partial charge on any atom is -0.455 e. The predicted octanol–water partition coefficient (Wildman–Crippen LogP) is 7.08. The van der Waals surface area contributed by atoms with Gasteiger partial charge in [0.25, 0.3) is 0 Å². The Bertz CT molecular complexity index is 1750. The second kappa shape index (κ2) is 7.32. The van der Waals surface area contributed by atoms with Crippen LogP contribution in [0.5, 0.6) is 0 Å². The van der Waals surface area contributed by atoms with E-state index in [4.69, 9.17) is 4.42 Å². The monoisotopic (exact) mass is 425 g/mol. The number of pyridine rings is 1. The molecular weight excluding hydrogens is 404 g/mol. The third kappa shape index (κ3) is 3.00. The first kappa shape index (κ1) is 19.3. The van der Waals surface area contributed by atoms with Crippen LogP contribution in [0.1, 0.15) is 11.1 Å². The van der Waals surface area contributed by atoms with Crippen LogP contribution in [0.4, 0.5) is 0 Å². The standard InChI is InChI=1S/C30H21N2O/c1-19-10-13-24-26-16-23(18-31)25(22-12-11-20-7-3-4-8-21(20)15-22)17-28(26)33-30(24)29(19)27-9-5-6-14-32(27)2/h3-17H,1-2H3/q+1. The van der Waals surface area contributed by atoms with Crippen LogP contribution < -0.4 is 4.57 Å². The second-order valence-electron chi connectivity index (χ2n) is 8.50. The predicted molar refractivity (Wildman–Crippen MR) is 133 cm³/mol. The fourth-order valence-corrected chi connectivity index (χ4v) is 4.77. The number of benzene rings is 4. The summed E-state index contributed by atoms with van der Waals surface area (Å²) in [5, 5.41) is 14.3. The van der Waals surface area contributed by atoms with E-state index in [-0.39, 0.29) is 0 Å². The van der Waals surface area contributed by atoms with Crippen molar-refractivity contribution in [1.82, 2.24) is 0 Å². The minimum atomic E-state index is 0.646. The minimum absolute atomic E-state index is 0.646. The molecule has 0 fully saturated rings. The Kier molecular flexibility index (Phi) is 4.28. The van der Waals surface area contributed by atoms with Gasteiger partial charge in [0.2, 0.25) is 5.69 Å². The topological polar surface area (TPSA) is 40.8 Å². The van der Waals surface area contributed by atoms with Crippen LogP contribution in [0.2, 0.25) is 0 Å². The van der Waals surface area contributed by atoms with Gasteiger partial charge in [0, 0.05) is 28.5 Å². The average molecular weight is 426 g/mol. The SMILES string of the molecule is Cc1ccc2c(oc3cc(-c4ccc5ccccc5c4)c(C#N)cc32)c1-c1cccc[n+]1C. The van der Waals surface area contributed by atoms with Gasteiger partial charge in [0.15, 0.2) is 6.20 Å².